The molecule has 0 spiro atoms. The summed E-state index contributed by atoms with van der Waals surface area (Å²) >= 11 is 5.83. The number of anilines is 1. The molecule has 1 aromatic rings. The minimum Gasteiger partial charge on any atom is -0.398 e. The zero-order chi connectivity index (χ0) is 13.9. The lowest BCUT2D eigenvalue weighted by molar-refractivity contribution is -0.143. The number of carbonyl (C=O) groups is 2. The second-order valence-electron chi connectivity index (χ2n) is 5.88. The van der Waals surface area contributed by atoms with Crippen molar-refractivity contribution in [3.8, 4) is 0 Å². The topological polar surface area (TPSA) is 63.4 Å². The molecule has 2 unspecified atom stereocenters. The molecule has 1 saturated carbocycles. The van der Waals surface area contributed by atoms with Crippen molar-refractivity contribution in [2.75, 3.05) is 5.73 Å². The highest BCUT2D eigenvalue weighted by Crippen LogP contribution is 2.63. The largest absolute Gasteiger partial charge is 0.398 e. The summed E-state index contributed by atoms with van der Waals surface area (Å²) in [6, 6.07) is 5.10. The van der Waals surface area contributed by atoms with Gasteiger partial charge in [0.05, 0.1) is 18.4 Å². The van der Waals surface area contributed by atoms with Crippen LogP contribution < -0.4 is 5.73 Å². The fourth-order valence-corrected chi connectivity index (χ4v) is 3.22. The number of fused-ring (bicyclic) bond motifs is 1. The number of likely N-dealkylation sites (tertiary alicyclic amines) is 1. The molecule has 1 aromatic carbocycles. The average molecular weight is 279 g/mol. The summed E-state index contributed by atoms with van der Waals surface area (Å²) in [4.78, 5) is 25.7. The maximum Gasteiger partial charge on any atom is 0.233 e. The van der Waals surface area contributed by atoms with Crippen molar-refractivity contribution in [2.45, 2.75) is 20.4 Å². The van der Waals surface area contributed by atoms with Gasteiger partial charge in [-0.2, -0.15) is 0 Å². The lowest BCUT2D eigenvalue weighted by Gasteiger charge is -2.21. The number of hydrogen-bond donors (Lipinski definition) is 1. The number of benzene rings is 1. The Kier molecular flexibility index (Phi) is 2.45. The zero-order valence-electron chi connectivity index (χ0n) is 10.8. The minimum atomic E-state index is -0.170. The number of carbonyl (C=O) groups excluding carboxylic acids is 2. The average Bonchev–Trinajstić information content (AvgIpc) is 2.78. The van der Waals surface area contributed by atoms with Crippen molar-refractivity contribution in [3.05, 3.63) is 28.8 Å². The summed E-state index contributed by atoms with van der Waals surface area (Å²) in [6.07, 6.45) is 0. The van der Waals surface area contributed by atoms with Crippen molar-refractivity contribution < 1.29 is 9.59 Å². The monoisotopic (exact) mass is 278 g/mol. The Morgan fingerprint density at radius 1 is 1.26 bits per heavy atom. The molecule has 5 heteroatoms. The number of hydrogen-bond acceptors (Lipinski definition) is 3. The Balaban J connectivity index is 1.83. The van der Waals surface area contributed by atoms with E-state index in [4.69, 9.17) is 17.3 Å². The van der Waals surface area contributed by atoms with E-state index < -0.39 is 0 Å². The lowest BCUT2D eigenvalue weighted by Crippen LogP contribution is -2.35. The number of nitrogens with zero attached hydrogens (tertiary/aromatic N) is 1. The molecular weight excluding hydrogens is 264 g/mol. The normalized spacial score (nSPS) is 27.6. The van der Waals surface area contributed by atoms with Gasteiger partial charge >= 0.3 is 0 Å². The maximum absolute atomic E-state index is 12.2. The number of nitrogens with two attached hydrogens (primary N) is 1. The molecule has 100 valence electrons. The van der Waals surface area contributed by atoms with Crippen LogP contribution in [0.2, 0.25) is 5.02 Å². The van der Waals surface area contributed by atoms with Gasteiger partial charge in [-0.3, -0.25) is 14.5 Å². The number of imide groups is 1. The summed E-state index contributed by atoms with van der Waals surface area (Å²) in [5.74, 6) is -0.439. The first-order valence-corrected chi connectivity index (χ1v) is 6.61. The molecule has 2 amide bonds. The van der Waals surface area contributed by atoms with Gasteiger partial charge in [0, 0.05) is 10.7 Å². The van der Waals surface area contributed by atoms with Gasteiger partial charge in [0.25, 0.3) is 0 Å². The predicted molar refractivity (Wildman–Crippen MR) is 72.2 cm³/mol. The SMILES string of the molecule is CC1(C)C2C(=O)N(Cc3ccc(Cl)cc3N)C(=O)C21. The number of amides is 2. The van der Waals surface area contributed by atoms with Gasteiger partial charge in [0.15, 0.2) is 0 Å². The highest BCUT2D eigenvalue weighted by molar-refractivity contribution is 6.30. The van der Waals surface area contributed by atoms with Gasteiger partial charge in [-0.1, -0.05) is 31.5 Å². The van der Waals surface area contributed by atoms with Crippen LogP contribution in [0.1, 0.15) is 19.4 Å². The summed E-state index contributed by atoms with van der Waals surface area (Å²) in [5.41, 5.74) is 6.95. The first-order chi connectivity index (χ1) is 8.84. The van der Waals surface area contributed by atoms with Gasteiger partial charge in [-0.05, 0) is 23.1 Å². The van der Waals surface area contributed by atoms with Gasteiger partial charge in [0.2, 0.25) is 11.8 Å². The molecule has 1 heterocycles. The Labute approximate surface area is 116 Å². The zero-order valence-corrected chi connectivity index (χ0v) is 11.6. The summed E-state index contributed by atoms with van der Waals surface area (Å²) in [7, 11) is 0. The highest BCUT2D eigenvalue weighted by Gasteiger charge is 2.72. The second kappa shape index (κ2) is 3.73. The number of halogens is 1. The first kappa shape index (κ1) is 12.5. The first-order valence-electron chi connectivity index (χ1n) is 6.23. The molecule has 0 radical (unpaired) electrons. The van der Waals surface area contributed by atoms with Gasteiger partial charge in [-0.25, -0.2) is 0 Å². The summed E-state index contributed by atoms with van der Waals surface area (Å²) in [5, 5.41) is 0.546. The lowest BCUT2D eigenvalue weighted by atomic mass is 10.0. The number of rotatable bonds is 2. The van der Waals surface area contributed by atoms with Crippen LogP contribution in [0.25, 0.3) is 0 Å². The van der Waals surface area contributed by atoms with Gasteiger partial charge in [0.1, 0.15) is 0 Å². The number of nitrogen functional groups attached to an aromatic ring is 1. The van der Waals surface area contributed by atoms with E-state index in [0.29, 0.717) is 10.7 Å². The van der Waals surface area contributed by atoms with Crippen molar-refractivity contribution in [1.29, 1.82) is 0 Å². The van der Waals surface area contributed by atoms with Gasteiger partial charge < -0.3 is 5.73 Å². The summed E-state index contributed by atoms with van der Waals surface area (Å²) in [6.45, 7) is 4.17. The highest BCUT2D eigenvalue weighted by atomic mass is 35.5. The van der Waals surface area contributed by atoms with Crippen molar-refractivity contribution in [3.63, 3.8) is 0 Å². The fourth-order valence-electron chi connectivity index (χ4n) is 3.04. The summed E-state index contributed by atoms with van der Waals surface area (Å²) < 4.78 is 0. The van der Waals surface area contributed by atoms with E-state index in [-0.39, 0.29) is 35.6 Å². The quantitative estimate of drug-likeness (QED) is 0.665. The molecule has 19 heavy (non-hydrogen) atoms. The minimum absolute atomic E-state index is 0.0747. The van der Waals surface area contributed by atoms with Crippen LogP contribution in [-0.2, 0) is 16.1 Å². The van der Waals surface area contributed by atoms with E-state index in [1.165, 1.54) is 4.90 Å². The molecule has 1 aliphatic heterocycles. The molecule has 1 saturated heterocycles. The Morgan fingerprint density at radius 3 is 2.37 bits per heavy atom. The van der Waals surface area contributed by atoms with E-state index in [0.717, 1.165) is 5.56 Å². The molecule has 4 nitrogen and oxygen atoms in total. The molecule has 2 fully saturated rings. The van der Waals surface area contributed by atoms with Crippen LogP contribution in [0.4, 0.5) is 5.69 Å². The van der Waals surface area contributed by atoms with E-state index in [9.17, 15) is 9.59 Å². The molecule has 3 rings (SSSR count). The molecule has 0 bridgehead atoms. The van der Waals surface area contributed by atoms with E-state index >= 15 is 0 Å². The molecule has 2 aliphatic rings. The van der Waals surface area contributed by atoms with Crippen LogP contribution >= 0.6 is 11.6 Å². The van der Waals surface area contributed by atoms with Crippen LogP contribution in [0, 0.1) is 17.3 Å². The number of piperidine rings is 1. The Morgan fingerprint density at radius 2 is 1.84 bits per heavy atom. The Hall–Kier alpha value is -1.55. The third-order valence-electron chi connectivity index (χ3n) is 4.33. The van der Waals surface area contributed by atoms with Gasteiger partial charge in [-0.15, -0.1) is 0 Å². The molecule has 2 N–H and O–H groups in total. The molecule has 2 atom stereocenters. The van der Waals surface area contributed by atoms with Crippen molar-refractivity contribution >= 4 is 29.1 Å². The second-order valence-corrected chi connectivity index (χ2v) is 6.32. The third kappa shape index (κ3) is 1.66. The smallest absolute Gasteiger partial charge is 0.233 e. The molecule has 1 aliphatic carbocycles. The third-order valence-corrected chi connectivity index (χ3v) is 4.56. The van der Waals surface area contributed by atoms with Crippen LogP contribution in [-0.4, -0.2) is 16.7 Å². The molecule has 0 aromatic heterocycles. The van der Waals surface area contributed by atoms with E-state index in [2.05, 4.69) is 0 Å². The van der Waals surface area contributed by atoms with Crippen LogP contribution in [0.15, 0.2) is 18.2 Å². The van der Waals surface area contributed by atoms with Crippen LogP contribution in [0.5, 0.6) is 0 Å². The van der Waals surface area contributed by atoms with E-state index in [1.54, 1.807) is 18.2 Å². The van der Waals surface area contributed by atoms with Crippen molar-refractivity contribution in [1.82, 2.24) is 4.90 Å². The standard InChI is InChI=1S/C14H15ClN2O2/c1-14(2)10-11(14)13(19)17(12(10)18)6-7-3-4-8(15)5-9(7)16/h3-5,10-11H,6,16H2,1-2H3. The maximum atomic E-state index is 12.2. The fraction of sp³-hybridized carbons (Fsp3) is 0.429. The molecular formula is C14H15ClN2O2. The van der Waals surface area contributed by atoms with Crippen LogP contribution in [0.3, 0.4) is 0 Å². The van der Waals surface area contributed by atoms with Crippen molar-refractivity contribution in [2.24, 2.45) is 17.3 Å². The predicted octanol–water partition coefficient (Wildman–Crippen LogP) is 2.06. The van der Waals surface area contributed by atoms with E-state index in [1.807, 2.05) is 13.8 Å². The Bertz CT molecular complexity index is 573.